The Morgan fingerprint density at radius 3 is 2.49 bits per heavy atom. The van der Waals surface area contributed by atoms with Gasteiger partial charge in [0.25, 0.3) is 5.56 Å². The normalized spacial score (nSPS) is 16.3. The van der Waals surface area contributed by atoms with Gasteiger partial charge in [-0.1, -0.05) is 38.1 Å². The summed E-state index contributed by atoms with van der Waals surface area (Å²) in [6, 6.07) is 14.5. The second-order valence-electron chi connectivity index (χ2n) is 11.3. The maximum absolute atomic E-state index is 13.7. The summed E-state index contributed by atoms with van der Waals surface area (Å²) in [6.07, 6.45) is 7.49. The van der Waals surface area contributed by atoms with Crippen LogP contribution in [0.1, 0.15) is 57.2 Å². The number of aryl methyl sites for hydroxylation is 1. The van der Waals surface area contributed by atoms with Crippen LogP contribution in [0.4, 0.5) is 5.69 Å². The molecule has 2 aromatic carbocycles. The average Bonchev–Trinajstić information content (AvgIpc) is 3.13. The second-order valence-corrected chi connectivity index (χ2v) is 11.3. The Kier molecular flexibility index (Phi) is 9.03. The standard InChI is InChI=1S/C34H42N4O3/c1-5-14-37(15-6-2)33(39)28-20-26-11-10-25(21-31(26)36-32(22-28)35-29-8-7-9-29)24-12-13-30-27(19-24)18-23(3)38(34(30)40)16-17-41-4/h8,10-13,18-19,21,28H,5-7,9,14-17,20,22H2,1-4H3,(H,35,36). The van der Waals surface area contributed by atoms with Crippen LogP contribution in [-0.2, 0) is 22.5 Å². The Hall–Kier alpha value is -3.71. The maximum atomic E-state index is 13.7. The lowest BCUT2D eigenvalue weighted by atomic mass is 9.92. The largest absolute Gasteiger partial charge is 0.383 e. The van der Waals surface area contributed by atoms with Gasteiger partial charge in [0.2, 0.25) is 5.91 Å². The van der Waals surface area contributed by atoms with Crippen molar-refractivity contribution in [3.8, 4) is 11.1 Å². The molecule has 216 valence electrons. The van der Waals surface area contributed by atoms with E-state index in [0.29, 0.717) is 31.4 Å². The minimum absolute atomic E-state index is 0.00652. The Bertz CT molecular complexity index is 1550. The topological polar surface area (TPSA) is 75.9 Å². The van der Waals surface area contributed by atoms with Crippen LogP contribution >= 0.6 is 0 Å². The maximum Gasteiger partial charge on any atom is 0.258 e. The van der Waals surface area contributed by atoms with Crippen molar-refractivity contribution >= 4 is 28.2 Å². The number of allylic oxidation sites excluding steroid dienone is 2. The molecule has 0 bridgehead atoms. The third-order valence-corrected chi connectivity index (χ3v) is 8.17. The summed E-state index contributed by atoms with van der Waals surface area (Å²) < 4.78 is 6.96. The quantitative estimate of drug-likeness (QED) is 0.327. The Morgan fingerprint density at radius 2 is 1.80 bits per heavy atom. The van der Waals surface area contributed by atoms with Crippen molar-refractivity contribution in [2.45, 2.75) is 65.8 Å². The van der Waals surface area contributed by atoms with Crippen LogP contribution in [0.15, 0.2) is 64.0 Å². The number of nitrogens with zero attached hydrogens (tertiary/aromatic N) is 3. The van der Waals surface area contributed by atoms with Crippen molar-refractivity contribution in [3.05, 3.63) is 75.8 Å². The minimum atomic E-state index is -0.143. The summed E-state index contributed by atoms with van der Waals surface area (Å²) in [5.74, 6) is 0.948. The van der Waals surface area contributed by atoms with E-state index in [1.807, 2.05) is 24.0 Å². The molecule has 1 unspecified atom stereocenters. The van der Waals surface area contributed by atoms with E-state index in [0.717, 1.165) is 78.1 Å². The molecule has 0 saturated carbocycles. The number of hydrogen-bond acceptors (Lipinski definition) is 5. The van der Waals surface area contributed by atoms with E-state index in [4.69, 9.17) is 9.73 Å². The molecule has 3 aromatic rings. The number of benzene rings is 2. The van der Waals surface area contributed by atoms with Gasteiger partial charge >= 0.3 is 0 Å². The summed E-state index contributed by atoms with van der Waals surface area (Å²) in [5, 5.41) is 5.16. The molecule has 0 saturated heterocycles. The van der Waals surface area contributed by atoms with Gasteiger partial charge in [-0.15, -0.1) is 0 Å². The number of fused-ring (bicyclic) bond motifs is 2. The van der Waals surface area contributed by atoms with E-state index in [-0.39, 0.29) is 17.4 Å². The van der Waals surface area contributed by atoms with Gasteiger partial charge in [-0.2, -0.15) is 0 Å². The van der Waals surface area contributed by atoms with E-state index in [1.54, 1.807) is 11.7 Å². The van der Waals surface area contributed by atoms with Crippen molar-refractivity contribution in [2.24, 2.45) is 10.9 Å². The number of nitrogens with one attached hydrogen (secondary N) is 1. The fourth-order valence-electron chi connectivity index (χ4n) is 5.88. The zero-order chi connectivity index (χ0) is 28.9. The van der Waals surface area contributed by atoms with Crippen LogP contribution in [0, 0.1) is 12.8 Å². The number of carbonyl (C=O) groups excluding carboxylic acids is 1. The van der Waals surface area contributed by atoms with Crippen LogP contribution in [0.3, 0.4) is 0 Å². The van der Waals surface area contributed by atoms with Gasteiger partial charge in [0, 0.05) is 55.9 Å². The van der Waals surface area contributed by atoms with E-state index < -0.39 is 0 Å². The molecule has 7 nitrogen and oxygen atoms in total. The smallest absolute Gasteiger partial charge is 0.258 e. The van der Waals surface area contributed by atoms with E-state index in [2.05, 4.69) is 55.6 Å². The molecule has 2 aliphatic rings. The summed E-state index contributed by atoms with van der Waals surface area (Å²) in [4.78, 5) is 34.0. The molecule has 1 atom stereocenters. The molecular formula is C34H42N4O3. The fraction of sp³-hybridized carbons (Fsp3) is 0.441. The molecule has 0 spiro atoms. The van der Waals surface area contributed by atoms with E-state index in [1.165, 1.54) is 5.70 Å². The number of aliphatic imine (C=N–C) groups is 1. The van der Waals surface area contributed by atoms with Gasteiger partial charge in [-0.3, -0.25) is 9.59 Å². The molecule has 1 aliphatic carbocycles. The third kappa shape index (κ3) is 6.30. The van der Waals surface area contributed by atoms with Crippen molar-refractivity contribution in [2.75, 3.05) is 26.8 Å². The number of ether oxygens (including phenoxy) is 1. The Morgan fingerprint density at radius 1 is 1.07 bits per heavy atom. The third-order valence-electron chi connectivity index (χ3n) is 8.17. The predicted molar refractivity (Wildman–Crippen MR) is 167 cm³/mol. The van der Waals surface area contributed by atoms with Crippen LogP contribution < -0.4 is 10.9 Å². The number of aromatic nitrogens is 1. The SMILES string of the molecule is CCCN(CCC)C(=O)C1CC(NC2=CCC2)=Nc2cc(-c3ccc4c(=O)n(CCOC)c(C)cc4c3)ccc2C1. The highest BCUT2D eigenvalue weighted by Gasteiger charge is 2.29. The highest BCUT2D eigenvalue weighted by Crippen LogP contribution is 2.34. The summed E-state index contributed by atoms with van der Waals surface area (Å²) in [6.45, 7) is 8.83. The van der Waals surface area contributed by atoms with Crippen LogP contribution in [0.25, 0.3) is 21.9 Å². The first kappa shape index (κ1) is 28.8. The molecule has 7 heteroatoms. The molecule has 1 aliphatic heterocycles. The molecule has 1 N–H and O–H groups in total. The highest BCUT2D eigenvalue weighted by molar-refractivity contribution is 5.93. The van der Waals surface area contributed by atoms with Crippen molar-refractivity contribution in [1.29, 1.82) is 0 Å². The van der Waals surface area contributed by atoms with Gasteiger partial charge in [-0.05, 0) is 85.4 Å². The molecular weight excluding hydrogens is 512 g/mol. The van der Waals surface area contributed by atoms with Crippen molar-refractivity contribution in [3.63, 3.8) is 0 Å². The number of methoxy groups -OCH3 is 1. The highest BCUT2D eigenvalue weighted by atomic mass is 16.5. The number of amides is 1. The lowest BCUT2D eigenvalue weighted by Gasteiger charge is -2.27. The van der Waals surface area contributed by atoms with Gasteiger partial charge in [0.15, 0.2) is 0 Å². The first-order valence-corrected chi connectivity index (χ1v) is 15.0. The van der Waals surface area contributed by atoms with Crippen LogP contribution in [0.2, 0.25) is 0 Å². The fourth-order valence-corrected chi connectivity index (χ4v) is 5.88. The predicted octanol–water partition coefficient (Wildman–Crippen LogP) is 6.13. The summed E-state index contributed by atoms with van der Waals surface area (Å²) in [5.41, 5.74) is 6.19. The van der Waals surface area contributed by atoms with Crippen molar-refractivity contribution in [1.82, 2.24) is 14.8 Å². The van der Waals surface area contributed by atoms with Gasteiger partial charge < -0.3 is 19.5 Å². The number of amidine groups is 1. The Labute approximate surface area is 242 Å². The minimum Gasteiger partial charge on any atom is -0.383 e. The van der Waals surface area contributed by atoms with E-state index in [9.17, 15) is 9.59 Å². The number of pyridine rings is 1. The number of rotatable bonds is 10. The van der Waals surface area contributed by atoms with E-state index >= 15 is 0 Å². The summed E-state index contributed by atoms with van der Waals surface area (Å²) in [7, 11) is 1.65. The first-order chi connectivity index (χ1) is 19.9. The monoisotopic (exact) mass is 554 g/mol. The molecule has 1 amide bonds. The first-order valence-electron chi connectivity index (χ1n) is 15.0. The molecule has 0 radical (unpaired) electrons. The van der Waals surface area contributed by atoms with Gasteiger partial charge in [0.05, 0.1) is 12.3 Å². The van der Waals surface area contributed by atoms with Gasteiger partial charge in [0.1, 0.15) is 5.84 Å². The zero-order valence-corrected chi connectivity index (χ0v) is 24.8. The molecule has 0 fully saturated rings. The zero-order valence-electron chi connectivity index (χ0n) is 24.8. The lowest BCUT2D eigenvalue weighted by molar-refractivity contribution is -0.135. The Balaban J connectivity index is 1.50. The van der Waals surface area contributed by atoms with Crippen LogP contribution in [0.5, 0.6) is 0 Å². The van der Waals surface area contributed by atoms with Crippen LogP contribution in [-0.4, -0.2) is 48.0 Å². The second kappa shape index (κ2) is 12.9. The molecule has 1 aromatic heterocycles. The number of hydrogen-bond donors (Lipinski definition) is 1. The average molecular weight is 555 g/mol. The lowest BCUT2D eigenvalue weighted by Crippen LogP contribution is -2.40. The summed E-state index contributed by atoms with van der Waals surface area (Å²) >= 11 is 0. The molecule has 5 rings (SSSR count). The number of carbonyl (C=O) groups is 1. The van der Waals surface area contributed by atoms with Crippen molar-refractivity contribution < 1.29 is 9.53 Å². The molecule has 2 heterocycles. The molecule has 41 heavy (non-hydrogen) atoms. The van der Waals surface area contributed by atoms with Gasteiger partial charge in [-0.25, -0.2) is 4.99 Å².